The van der Waals surface area contributed by atoms with E-state index in [4.69, 9.17) is 28.9 Å². The molecule has 0 amide bonds. The lowest BCUT2D eigenvalue weighted by molar-refractivity contribution is 0.915. The average molecular weight is 202 g/mol. The largest absolute Gasteiger partial charge is 0.321 e. The van der Waals surface area contributed by atoms with Crippen molar-refractivity contribution < 1.29 is 0 Å². The summed E-state index contributed by atoms with van der Waals surface area (Å²) >= 11 is 11.8. The van der Waals surface area contributed by atoms with Gasteiger partial charge in [-0.3, -0.25) is 0 Å². The molecule has 0 radical (unpaired) electrons. The first kappa shape index (κ1) is 9.59. The molecule has 0 aromatic heterocycles. The lowest BCUT2D eigenvalue weighted by atomic mass is 10.1. The summed E-state index contributed by atoms with van der Waals surface area (Å²) in [5, 5.41) is 1.16. The smallest absolute Gasteiger partial charge is 0.0508 e. The molecule has 0 aliphatic heterocycles. The molecule has 64 valence electrons. The topological polar surface area (TPSA) is 26.0 Å². The van der Waals surface area contributed by atoms with E-state index >= 15 is 0 Å². The summed E-state index contributed by atoms with van der Waals surface area (Å²) in [4.78, 5) is 0. The van der Waals surface area contributed by atoms with Gasteiger partial charge < -0.3 is 5.73 Å². The second kappa shape index (κ2) is 3.94. The Hall–Kier alpha value is -0.500. The van der Waals surface area contributed by atoms with Gasteiger partial charge in [0, 0.05) is 15.6 Å². The van der Waals surface area contributed by atoms with Crippen LogP contribution in [0.3, 0.4) is 0 Å². The van der Waals surface area contributed by atoms with E-state index in [-0.39, 0.29) is 6.04 Å². The molecule has 1 aromatic carbocycles. The van der Waals surface area contributed by atoms with Crippen LogP contribution in [0.2, 0.25) is 10.0 Å². The summed E-state index contributed by atoms with van der Waals surface area (Å²) in [5.74, 6) is 0. The van der Waals surface area contributed by atoms with E-state index in [0.717, 1.165) is 5.56 Å². The van der Waals surface area contributed by atoms with Gasteiger partial charge in [0.2, 0.25) is 0 Å². The van der Waals surface area contributed by atoms with Crippen molar-refractivity contribution in [3.63, 3.8) is 0 Å². The Morgan fingerprint density at radius 1 is 1.33 bits per heavy atom. The third-order valence-electron chi connectivity index (χ3n) is 1.59. The minimum Gasteiger partial charge on any atom is -0.321 e. The van der Waals surface area contributed by atoms with E-state index in [9.17, 15) is 0 Å². The van der Waals surface area contributed by atoms with Crippen molar-refractivity contribution in [2.75, 3.05) is 0 Å². The van der Waals surface area contributed by atoms with Gasteiger partial charge >= 0.3 is 0 Å². The van der Waals surface area contributed by atoms with Gasteiger partial charge in [0.1, 0.15) is 0 Å². The Bertz CT molecular complexity index is 276. The second-order valence-electron chi connectivity index (χ2n) is 2.40. The van der Waals surface area contributed by atoms with Crippen LogP contribution >= 0.6 is 23.2 Å². The Morgan fingerprint density at radius 2 is 1.83 bits per heavy atom. The summed E-state index contributed by atoms with van der Waals surface area (Å²) in [6.45, 7) is 3.58. The summed E-state index contributed by atoms with van der Waals surface area (Å²) in [6, 6.07) is 4.99. The Labute approximate surface area is 81.8 Å². The molecule has 2 N–H and O–H groups in total. The molecule has 0 saturated heterocycles. The number of benzene rings is 1. The highest BCUT2D eigenvalue weighted by atomic mass is 35.5. The fourth-order valence-electron chi connectivity index (χ4n) is 0.947. The van der Waals surface area contributed by atoms with E-state index in [1.165, 1.54) is 0 Å². The molecule has 1 rings (SSSR count). The van der Waals surface area contributed by atoms with Gasteiger partial charge in [-0.2, -0.15) is 0 Å². The monoisotopic (exact) mass is 201 g/mol. The summed E-state index contributed by atoms with van der Waals surface area (Å²) < 4.78 is 0. The summed E-state index contributed by atoms with van der Waals surface area (Å²) in [5.41, 5.74) is 6.44. The number of hydrogen-bond acceptors (Lipinski definition) is 1. The molecule has 0 fully saturated rings. The second-order valence-corrected chi connectivity index (χ2v) is 3.21. The van der Waals surface area contributed by atoms with E-state index < -0.39 is 0 Å². The van der Waals surface area contributed by atoms with Crippen molar-refractivity contribution in [1.29, 1.82) is 0 Å². The zero-order valence-corrected chi connectivity index (χ0v) is 7.94. The molecule has 0 aliphatic rings. The first-order valence-corrected chi connectivity index (χ1v) is 4.24. The SMILES string of the molecule is C=C[C@@H](N)c1c(Cl)cccc1Cl. The van der Waals surface area contributed by atoms with E-state index in [2.05, 4.69) is 6.58 Å². The maximum absolute atomic E-state index is 5.89. The zero-order valence-electron chi connectivity index (χ0n) is 6.43. The van der Waals surface area contributed by atoms with Gasteiger partial charge in [0.25, 0.3) is 0 Å². The average Bonchev–Trinajstić information content (AvgIpc) is 2.03. The van der Waals surface area contributed by atoms with Crippen LogP contribution in [0, 0.1) is 0 Å². The number of hydrogen-bond donors (Lipinski definition) is 1. The molecule has 3 heteroatoms. The van der Waals surface area contributed by atoms with Gasteiger partial charge in [-0.15, -0.1) is 6.58 Å². The molecular weight excluding hydrogens is 193 g/mol. The Morgan fingerprint density at radius 3 is 2.25 bits per heavy atom. The lowest BCUT2D eigenvalue weighted by Gasteiger charge is -2.10. The van der Waals surface area contributed by atoms with Gasteiger partial charge in [0.05, 0.1) is 6.04 Å². The maximum atomic E-state index is 5.89. The van der Waals surface area contributed by atoms with Crippen molar-refractivity contribution >= 4 is 23.2 Å². The maximum Gasteiger partial charge on any atom is 0.0508 e. The van der Waals surface area contributed by atoms with Crippen molar-refractivity contribution in [2.24, 2.45) is 5.73 Å². The quantitative estimate of drug-likeness (QED) is 0.732. The minimum absolute atomic E-state index is 0.300. The van der Waals surface area contributed by atoms with Crippen LogP contribution in [0.4, 0.5) is 0 Å². The first-order valence-electron chi connectivity index (χ1n) is 3.49. The van der Waals surface area contributed by atoms with Crippen LogP contribution < -0.4 is 5.73 Å². The standard InChI is InChI=1S/C9H9Cl2N/c1-2-8(12)9-6(10)4-3-5-7(9)11/h2-5,8H,1,12H2/t8-/m1/s1. The number of halogens is 2. The van der Waals surface area contributed by atoms with Gasteiger partial charge in [-0.05, 0) is 12.1 Å². The van der Waals surface area contributed by atoms with Crippen LogP contribution in [0.1, 0.15) is 11.6 Å². The van der Waals surface area contributed by atoms with Gasteiger partial charge in [0.15, 0.2) is 0 Å². The minimum atomic E-state index is -0.300. The number of nitrogens with two attached hydrogens (primary N) is 1. The fraction of sp³-hybridized carbons (Fsp3) is 0.111. The third kappa shape index (κ3) is 1.81. The molecule has 0 bridgehead atoms. The van der Waals surface area contributed by atoms with Crippen molar-refractivity contribution in [3.8, 4) is 0 Å². The Balaban J connectivity index is 3.20. The van der Waals surface area contributed by atoms with Crippen LogP contribution in [-0.4, -0.2) is 0 Å². The van der Waals surface area contributed by atoms with Crippen LogP contribution in [0.25, 0.3) is 0 Å². The molecule has 1 atom stereocenters. The van der Waals surface area contributed by atoms with E-state index in [1.54, 1.807) is 24.3 Å². The predicted molar refractivity (Wildman–Crippen MR) is 53.6 cm³/mol. The fourth-order valence-corrected chi connectivity index (χ4v) is 1.60. The summed E-state index contributed by atoms with van der Waals surface area (Å²) in [6.07, 6.45) is 1.60. The van der Waals surface area contributed by atoms with Crippen LogP contribution in [0.15, 0.2) is 30.9 Å². The van der Waals surface area contributed by atoms with Crippen LogP contribution in [-0.2, 0) is 0 Å². The Kier molecular flexibility index (Phi) is 3.15. The van der Waals surface area contributed by atoms with Crippen molar-refractivity contribution in [1.82, 2.24) is 0 Å². The molecule has 0 saturated carbocycles. The predicted octanol–water partition coefficient (Wildman–Crippen LogP) is 3.18. The molecule has 0 heterocycles. The van der Waals surface area contributed by atoms with Crippen molar-refractivity contribution in [2.45, 2.75) is 6.04 Å². The molecule has 0 aliphatic carbocycles. The molecular formula is C9H9Cl2N. The lowest BCUT2D eigenvalue weighted by Crippen LogP contribution is -2.07. The van der Waals surface area contributed by atoms with E-state index in [0.29, 0.717) is 10.0 Å². The molecule has 0 unspecified atom stereocenters. The summed E-state index contributed by atoms with van der Waals surface area (Å²) in [7, 11) is 0. The third-order valence-corrected chi connectivity index (χ3v) is 2.25. The van der Waals surface area contributed by atoms with Crippen molar-refractivity contribution in [3.05, 3.63) is 46.5 Å². The highest BCUT2D eigenvalue weighted by molar-refractivity contribution is 6.36. The molecule has 1 aromatic rings. The van der Waals surface area contributed by atoms with Gasteiger partial charge in [-0.1, -0.05) is 35.3 Å². The normalized spacial score (nSPS) is 12.6. The zero-order chi connectivity index (χ0) is 9.14. The highest BCUT2D eigenvalue weighted by Gasteiger charge is 2.09. The van der Waals surface area contributed by atoms with Crippen LogP contribution in [0.5, 0.6) is 0 Å². The molecule has 12 heavy (non-hydrogen) atoms. The number of rotatable bonds is 2. The van der Waals surface area contributed by atoms with Gasteiger partial charge in [-0.25, -0.2) is 0 Å². The molecule has 1 nitrogen and oxygen atoms in total. The highest BCUT2D eigenvalue weighted by Crippen LogP contribution is 2.29. The van der Waals surface area contributed by atoms with E-state index in [1.807, 2.05) is 0 Å². The first-order chi connectivity index (χ1) is 5.66. The molecule has 0 spiro atoms.